The van der Waals surface area contributed by atoms with Gasteiger partial charge in [-0.05, 0) is 17.5 Å². The maximum atomic E-state index is 9.39. The van der Waals surface area contributed by atoms with E-state index in [2.05, 4.69) is 0 Å². The van der Waals surface area contributed by atoms with Gasteiger partial charge in [0, 0.05) is 5.88 Å². The monoisotopic (exact) mass is 218 g/mol. The van der Waals surface area contributed by atoms with Crippen LogP contribution >= 0.6 is 23.2 Å². The van der Waals surface area contributed by atoms with Crippen LogP contribution < -0.4 is 0 Å². The lowest BCUT2D eigenvalue weighted by molar-refractivity contribution is 0.202. The fourth-order valence-corrected chi connectivity index (χ4v) is 1.50. The Morgan fingerprint density at radius 1 is 1.15 bits per heavy atom. The second-order valence-electron chi connectivity index (χ2n) is 2.85. The van der Waals surface area contributed by atoms with Crippen LogP contribution in [-0.2, 0) is 6.42 Å². The lowest BCUT2D eigenvalue weighted by atomic mass is 10.1. The van der Waals surface area contributed by atoms with Crippen molar-refractivity contribution < 1.29 is 5.11 Å². The topological polar surface area (TPSA) is 20.2 Å². The van der Waals surface area contributed by atoms with E-state index in [9.17, 15) is 5.11 Å². The predicted octanol–water partition coefficient (Wildman–Crippen LogP) is 2.74. The molecule has 0 heterocycles. The lowest BCUT2D eigenvalue weighted by Gasteiger charge is -2.07. The molecule has 0 saturated heterocycles. The molecule has 0 amide bonds. The van der Waals surface area contributed by atoms with Crippen LogP contribution in [0.2, 0.25) is 0 Å². The average molecular weight is 219 g/mol. The van der Waals surface area contributed by atoms with Gasteiger partial charge in [-0.25, -0.2) is 0 Å². The van der Waals surface area contributed by atoms with Gasteiger partial charge in [-0.15, -0.1) is 23.2 Å². The molecule has 3 heteroatoms. The molecule has 1 nitrogen and oxygen atoms in total. The molecule has 0 spiro atoms. The highest BCUT2D eigenvalue weighted by atomic mass is 35.5. The van der Waals surface area contributed by atoms with Gasteiger partial charge in [0.25, 0.3) is 0 Å². The highest BCUT2D eigenvalue weighted by Crippen LogP contribution is 2.15. The van der Waals surface area contributed by atoms with Crippen LogP contribution in [0.25, 0.3) is 0 Å². The Morgan fingerprint density at radius 2 is 1.77 bits per heavy atom. The van der Waals surface area contributed by atoms with Gasteiger partial charge in [0.05, 0.1) is 12.0 Å². The number of halogens is 2. The van der Waals surface area contributed by atoms with Gasteiger partial charge >= 0.3 is 0 Å². The second kappa shape index (κ2) is 5.48. The Bertz CT molecular complexity index is 246. The molecule has 0 aliphatic rings. The summed E-state index contributed by atoms with van der Waals surface area (Å²) in [6, 6.07) is 7.70. The zero-order valence-electron chi connectivity index (χ0n) is 7.21. The van der Waals surface area contributed by atoms with E-state index in [1.165, 1.54) is 5.56 Å². The van der Waals surface area contributed by atoms with Crippen LogP contribution in [0, 0.1) is 0 Å². The van der Waals surface area contributed by atoms with Crippen molar-refractivity contribution >= 4 is 23.2 Å². The van der Waals surface area contributed by atoms with Crippen molar-refractivity contribution in [2.75, 3.05) is 11.8 Å². The third kappa shape index (κ3) is 3.18. The minimum absolute atomic E-state index is 0.231. The Balaban J connectivity index is 2.69. The van der Waals surface area contributed by atoms with E-state index in [0.29, 0.717) is 5.88 Å². The molecule has 72 valence electrons. The Kier molecular flexibility index (Phi) is 4.57. The number of hydrogen-bond acceptors (Lipinski definition) is 1. The molecule has 0 saturated carbocycles. The minimum atomic E-state index is -0.563. The third-order valence-electron chi connectivity index (χ3n) is 1.89. The van der Waals surface area contributed by atoms with E-state index in [-0.39, 0.29) is 5.88 Å². The predicted molar refractivity (Wildman–Crippen MR) is 56.5 cm³/mol. The Hall–Kier alpha value is -0.240. The fourth-order valence-electron chi connectivity index (χ4n) is 1.10. The SMILES string of the molecule is OC(CCl)c1ccc(CCCl)cc1. The van der Waals surface area contributed by atoms with Crippen LogP contribution in [-0.4, -0.2) is 16.9 Å². The van der Waals surface area contributed by atoms with E-state index < -0.39 is 6.10 Å². The number of rotatable bonds is 4. The molecule has 0 aliphatic carbocycles. The van der Waals surface area contributed by atoms with Crippen molar-refractivity contribution in [1.82, 2.24) is 0 Å². The van der Waals surface area contributed by atoms with E-state index >= 15 is 0 Å². The molecule has 13 heavy (non-hydrogen) atoms. The van der Waals surface area contributed by atoms with Gasteiger partial charge < -0.3 is 5.11 Å². The summed E-state index contributed by atoms with van der Waals surface area (Å²) in [6.07, 6.45) is 0.297. The quantitative estimate of drug-likeness (QED) is 0.772. The van der Waals surface area contributed by atoms with Crippen molar-refractivity contribution in [1.29, 1.82) is 0 Å². The van der Waals surface area contributed by atoms with Gasteiger partial charge in [0.2, 0.25) is 0 Å². The number of aliphatic hydroxyl groups is 1. The summed E-state index contributed by atoms with van der Waals surface area (Å²) in [6.45, 7) is 0. The molecule has 0 bridgehead atoms. The average Bonchev–Trinajstić information content (AvgIpc) is 2.18. The van der Waals surface area contributed by atoms with E-state index in [0.717, 1.165) is 12.0 Å². The van der Waals surface area contributed by atoms with Gasteiger partial charge in [-0.3, -0.25) is 0 Å². The third-order valence-corrected chi connectivity index (χ3v) is 2.38. The molecule has 1 N–H and O–H groups in total. The van der Waals surface area contributed by atoms with Crippen LogP contribution in [0.3, 0.4) is 0 Å². The van der Waals surface area contributed by atoms with Crippen LogP contribution in [0.15, 0.2) is 24.3 Å². The first-order chi connectivity index (χ1) is 6.27. The lowest BCUT2D eigenvalue weighted by Crippen LogP contribution is -1.98. The number of alkyl halides is 2. The van der Waals surface area contributed by atoms with Crippen molar-refractivity contribution in [3.8, 4) is 0 Å². The van der Waals surface area contributed by atoms with Crippen molar-refractivity contribution in [2.45, 2.75) is 12.5 Å². The van der Waals surface area contributed by atoms with E-state index in [1.54, 1.807) is 0 Å². The van der Waals surface area contributed by atoms with Gasteiger partial charge in [-0.1, -0.05) is 24.3 Å². The maximum absolute atomic E-state index is 9.39. The standard InChI is InChI=1S/C10H12Cl2O/c11-6-5-8-1-3-9(4-2-8)10(13)7-12/h1-4,10,13H,5-7H2. The molecule has 0 radical (unpaired) electrons. The van der Waals surface area contributed by atoms with Crippen molar-refractivity contribution in [2.24, 2.45) is 0 Å². The smallest absolute Gasteiger partial charge is 0.0925 e. The fraction of sp³-hybridized carbons (Fsp3) is 0.400. The largest absolute Gasteiger partial charge is 0.387 e. The number of benzene rings is 1. The van der Waals surface area contributed by atoms with Gasteiger partial charge in [-0.2, -0.15) is 0 Å². The summed E-state index contributed by atoms with van der Waals surface area (Å²) in [5.41, 5.74) is 2.04. The van der Waals surface area contributed by atoms with E-state index in [4.69, 9.17) is 23.2 Å². The highest BCUT2D eigenvalue weighted by Gasteiger charge is 2.04. The zero-order chi connectivity index (χ0) is 9.68. The van der Waals surface area contributed by atoms with Crippen molar-refractivity contribution in [3.63, 3.8) is 0 Å². The molecule has 1 rings (SSSR count). The zero-order valence-corrected chi connectivity index (χ0v) is 8.72. The van der Waals surface area contributed by atoms with Gasteiger partial charge in [0.1, 0.15) is 0 Å². The molecular weight excluding hydrogens is 207 g/mol. The maximum Gasteiger partial charge on any atom is 0.0925 e. The molecule has 0 fully saturated rings. The van der Waals surface area contributed by atoms with Crippen LogP contribution in [0.4, 0.5) is 0 Å². The summed E-state index contributed by atoms with van der Waals surface area (Å²) in [5, 5.41) is 9.39. The number of aliphatic hydroxyl groups excluding tert-OH is 1. The Labute approximate surface area is 88.3 Å². The number of hydrogen-bond donors (Lipinski definition) is 1. The molecule has 0 aliphatic heterocycles. The van der Waals surface area contributed by atoms with Crippen molar-refractivity contribution in [3.05, 3.63) is 35.4 Å². The summed E-state index contributed by atoms with van der Waals surface area (Å²) in [4.78, 5) is 0. The summed E-state index contributed by atoms with van der Waals surface area (Å²) in [5.74, 6) is 0.853. The summed E-state index contributed by atoms with van der Waals surface area (Å²) >= 11 is 11.1. The van der Waals surface area contributed by atoms with Gasteiger partial charge in [0.15, 0.2) is 0 Å². The minimum Gasteiger partial charge on any atom is -0.387 e. The first-order valence-electron chi connectivity index (χ1n) is 4.16. The number of aryl methyl sites for hydroxylation is 1. The molecule has 1 atom stereocenters. The first kappa shape index (κ1) is 10.8. The summed E-state index contributed by atoms with van der Waals surface area (Å²) < 4.78 is 0. The first-order valence-corrected chi connectivity index (χ1v) is 5.23. The Morgan fingerprint density at radius 3 is 2.23 bits per heavy atom. The molecule has 0 aromatic heterocycles. The highest BCUT2D eigenvalue weighted by molar-refractivity contribution is 6.18. The second-order valence-corrected chi connectivity index (χ2v) is 3.54. The van der Waals surface area contributed by atoms with Crippen LogP contribution in [0.1, 0.15) is 17.2 Å². The molecule has 1 aromatic carbocycles. The van der Waals surface area contributed by atoms with E-state index in [1.807, 2.05) is 24.3 Å². The normalized spacial score (nSPS) is 12.8. The molecular formula is C10H12Cl2O. The summed E-state index contributed by atoms with van der Waals surface area (Å²) in [7, 11) is 0. The molecule has 1 aromatic rings. The van der Waals surface area contributed by atoms with Crippen LogP contribution in [0.5, 0.6) is 0 Å². The molecule has 1 unspecified atom stereocenters.